The largest absolute Gasteiger partial charge is 0.495 e. The number of rotatable bonds is 4. The highest BCUT2D eigenvalue weighted by Crippen LogP contribution is 2.27. The van der Waals surface area contributed by atoms with E-state index in [0.29, 0.717) is 18.0 Å². The van der Waals surface area contributed by atoms with Crippen molar-refractivity contribution < 1.29 is 9.15 Å². The molecule has 2 rings (SSSR count). The van der Waals surface area contributed by atoms with E-state index in [9.17, 15) is 0 Å². The zero-order valence-electron chi connectivity index (χ0n) is 10.0. The summed E-state index contributed by atoms with van der Waals surface area (Å²) >= 11 is 0. The van der Waals surface area contributed by atoms with Crippen LogP contribution in [0.2, 0.25) is 0 Å². The molecule has 0 saturated carbocycles. The van der Waals surface area contributed by atoms with E-state index < -0.39 is 0 Å². The van der Waals surface area contributed by atoms with Gasteiger partial charge in [-0.3, -0.25) is 0 Å². The third kappa shape index (κ3) is 2.53. The fraction of sp³-hybridized carbons (Fsp3) is 0.231. The summed E-state index contributed by atoms with van der Waals surface area (Å²) in [5, 5.41) is 0. The summed E-state index contributed by atoms with van der Waals surface area (Å²) in [4.78, 5) is 2.07. The molecule has 0 spiro atoms. The van der Waals surface area contributed by atoms with Crippen molar-refractivity contribution in [3.05, 3.63) is 42.4 Å². The van der Waals surface area contributed by atoms with Crippen LogP contribution in [0.4, 0.5) is 11.4 Å². The van der Waals surface area contributed by atoms with Gasteiger partial charge in [0.15, 0.2) is 0 Å². The Hall–Kier alpha value is -2.10. The van der Waals surface area contributed by atoms with E-state index in [1.165, 1.54) is 0 Å². The van der Waals surface area contributed by atoms with Gasteiger partial charge in [0.2, 0.25) is 0 Å². The van der Waals surface area contributed by atoms with E-state index in [0.717, 1.165) is 11.4 Å². The van der Waals surface area contributed by atoms with Crippen LogP contribution in [0.3, 0.4) is 0 Å². The van der Waals surface area contributed by atoms with E-state index >= 15 is 0 Å². The van der Waals surface area contributed by atoms with Crippen LogP contribution in [0.5, 0.6) is 5.75 Å². The van der Waals surface area contributed by atoms with Gasteiger partial charge in [-0.1, -0.05) is 0 Å². The Morgan fingerprint density at radius 1 is 1.35 bits per heavy atom. The zero-order chi connectivity index (χ0) is 12.3. The molecule has 2 aromatic rings. The molecule has 0 aliphatic rings. The van der Waals surface area contributed by atoms with Crippen LogP contribution < -0.4 is 15.4 Å². The van der Waals surface area contributed by atoms with Gasteiger partial charge in [0.05, 0.1) is 25.6 Å². The standard InChI is InChI=1S/C13H16N2O2/c1-15(9-11-4-3-7-17-11)10-5-6-12(14)13(8-10)16-2/h3-8H,9,14H2,1-2H3. The number of nitrogen functional groups attached to an aromatic ring is 1. The van der Waals surface area contributed by atoms with E-state index in [-0.39, 0.29) is 0 Å². The molecule has 17 heavy (non-hydrogen) atoms. The maximum absolute atomic E-state index is 5.77. The lowest BCUT2D eigenvalue weighted by Crippen LogP contribution is -2.16. The second-order valence-corrected chi connectivity index (χ2v) is 3.86. The molecular formula is C13H16N2O2. The Bertz CT molecular complexity index is 480. The number of benzene rings is 1. The SMILES string of the molecule is COc1cc(N(C)Cc2ccco2)ccc1N. The van der Waals surface area contributed by atoms with Crippen molar-refractivity contribution in [3.8, 4) is 5.75 Å². The maximum atomic E-state index is 5.77. The van der Waals surface area contributed by atoms with Crippen molar-refractivity contribution in [1.82, 2.24) is 0 Å². The molecule has 4 heteroatoms. The zero-order valence-corrected chi connectivity index (χ0v) is 10.0. The third-order valence-corrected chi connectivity index (χ3v) is 2.63. The average Bonchev–Trinajstić information content (AvgIpc) is 2.82. The minimum Gasteiger partial charge on any atom is -0.495 e. The Kier molecular flexibility index (Phi) is 3.23. The number of furan rings is 1. The van der Waals surface area contributed by atoms with Gasteiger partial charge in [0, 0.05) is 18.8 Å². The van der Waals surface area contributed by atoms with Crippen LogP contribution in [0.25, 0.3) is 0 Å². The molecule has 0 aliphatic heterocycles. The van der Waals surface area contributed by atoms with E-state index in [4.69, 9.17) is 14.9 Å². The average molecular weight is 232 g/mol. The molecule has 0 aliphatic carbocycles. The lowest BCUT2D eigenvalue weighted by Gasteiger charge is -2.19. The fourth-order valence-electron chi connectivity index (χ4n) is 1.66. The first-order valence-electron chi connectivity index (χ1n) is 5.37. The van der Waals surface area contributed by atoms with Crippen LogP contribution in [0.1, 0.15) is 5.76 Å². The minimum atomic E-state index is 0.641. The summed E-state index contributed by atoms with van der Waals surface area (Å²) in [5.41, 5.74) is 7.45. The molecule has 0 unspecified atom stereocenters. The van der Waals surface area contributed by atoms with Crippen LogP contribution in [0, 0.1) is 0 Å². The molecule has 0 amide bonds. The molecule has 1 aromatic heterocycles. The van der Waals surface area contributed by atoms with E-state index in [1.807, 2.05) is 37.4 Å². The molecule has 0 bridgehead atoms. The van der Waals surface area contributed by atoms with Crippen LogP contribution in [0.15, 0.2) is 41.0 Å². The number of hydrogen-bond donors (Lipinski definition) is 1. The lowest BCUT2D eigenvalue weighted by atomic mass is 10.2. The highest BCUT2D eigenvalue weighted by molar-refractivity contribution is 5.62. The van der Waals surface area contributed by atoms with Crippen molar-refractivity contribution >= 4 is 11.4 Å². The number of nitrogens with two attached hydrogens (primary N) is 1. The minimum absolute atomic E-state index is 0.641. The third-order valence-electron chi connectivity index (χ3n) is 2.63. The highest BCUT2D eigenvalue weighted by atomic mass is 16.5. The monoisotopic (exact) mass is 232 g/mol. The van der Waals surface area contributed by atoms with E-state index in [2.05, 4.69) is 4.90 Å². The van der Waals surface area contributed by atoms with Gasteiger partial charge < -0.3 is 19.8 Å². The first-order valence-corrected chi connectivity index (χ1v) is 5.37. The predicted octanol–water partition coefficient (Wildman–Crippen LogP) is 2.51. The molecule has 0 atom stereocenters. The van der Waals surface area contributed by atoms with Crippen LogP contribution in [-0.4, -0.2) is 14.2 Å². The molecule has 90 valence electrons. The van der Waals surface area contributed by atoms with Gasteiger partial charge in [-0.2, -0.15) is 0 Å². The van der Waals surface area contributed by atoms with Gasteiger partial charge in [-0.05, 0) is 24.3 Å². The maximum Gasteiger partial charge on any atom is 0.143 e. The Labute approximate surface area is 101 Å². The van der Waals surface area contributed by atoms with Crippen molar-refractivity contribution in [2.45, 2.75) is 6.54 Å². The number of nitrogens with zero attached hydrogens (tertiary/aromatic N) is 1. The molecular weight excluding hydrogens is 216 g/mol. The molecule has 0 saturated heterocycles. The van der Waals surface area contributed by atoms with Gasteiger partial charge in [0.1, 0.15) is 11.5 Å². The number of methoxy groups -OCH3 is 1. The van der Waals surface area contributed by atoms with Gasteiger partial charge in [-0.15, -0.1) is 0 Å². The topological polar surface area (TPSA) is 51.6 Å². The first kappa shape index (κ1) is 11.4. The first-order chi connectivity index (χ1) is 8.20. The second-order valence-electron chi connectivity index (χ2n) is 3.86. The predicted molar refractivity (Wildman–Crippen MR) is 68.2 cm³/mol. The molecule has 1 heterocycles. The summed E-state index contributed by atoms with van der Waals surface area (Å²) in [7, 11) is 3.61. The fourth-order valence-corrected chi connectivity index (χ4v) is 1.66. The lowest BCUT2D eigenvalue weighted by molar-refractivity contribution is 0.417. The number of ether oxygens (including phenoxy) is 1. The van der Waals surface area contributed by atoms with Crippen molar-refractivity contribution in [2.75, 3.05) is 24.8 Å². The van der Waals surface area contributed by atoms with Crippen LogP contribution in [-0.2, 0) is 6.54 Å². The summed E-state index contributed by atoms with van der Waals surface area (Å²) < 4.78 is 10.5. The summed E-state index contributed by atoms with van der Waals surface area (Å²) in [6.45, 7) is 0.708. The Morgan fingerprint density at radius 2 is 2.18 bits per heavy atom. The van der Waals surface area contributed by atoms with Crippen LogP contribution >= 0.6 is 0 Å². The highest BCUT2D eigenvalue weighted by Gasteiger charge is 2.07. The smallest absolute Gasteiger partial charge is 0.143 e. The van der Waals surface area contributed by atoms with Gasteiger partial charge >= 0.3 is 0 Å². The van der Waals surface area contributed by atoms with Crippen molar-refractivity contribution in [1.29, 1.82) is 0 Å². The summed E-state index contributed by atoms with van der Waals surface area (Å²) in [6.07, 6.45) is 1.67. The number of anilines is 2. The van der Waals surface area contributed by atoms with Gasteiger partial charge in [0.25, 0.3) is 0 Å². The molecule has 0 radical (unpaired) electrons. The van der Waals surface area contributed by atoms with E-state index in [1.54, 1.807) is 13.4 Å². The summed E-state index contributed by atoms with van der Waals surface area (Å²) in [6, 6.07) is 9.55. The van der Waals surface area contributed by atoms with Crippen molar-refractivity contribution in [2.24, 2.45) is 0 Å². The Morgan fingerprint density at radius 3 is 2.82 bits per heavy atom. The van der Waals surface area contributed by atoms with Crippen molar-refractivity contribution in [3.63, 3.8) is 0 Å². The Balaban J connectivity index is 2.16. The molecule has 1 aromatic carbocycles. The van der Waals surface area contributed by atoms with Gasteiger partial charge in [-0.25, -0.2) is 0 Å². The number of hydrogen-bond acceptors (Lipinski definition) is 4. The molecule has 2 N–H and O–H groups in total. The quantitative estimate of drug-likeness (QED) is 0.823. The normalized spacial score (nSPS) is 10.2. The summed E-state index contributed by atoms with van der Waals surface area (Å²) in [5.74, 6) is 1.61. The molecule has 4 nitrogen and oxygen atoms in total. The molecule has 0 fully saturated rings. The second kappa shape index (κ2) is 4.82.